The number of carbonyl (C=O) groups is 2. The first kappa shape index (κ1) is 15.3. The number of benzene rings is 1. The van der Waals surface area contributed by atoms with Crippen molar-refractivity contribution in [2.75, 3.05) is 7.05 Å². The first-order chi connectivity index (χ1) is 11.1. The summed E-state index contributed by atoms with van der Waals surface area (Å²) >= 11 is 0. The number of aromatic nitrogens is 2. The molecule has 0 bridgehead atoms. The van der Waals surface area contributed by atoms with Crippen LogP contribution in [-0.2, 0) is 16.1 Å². The minimum Gasteiger partial charge on any atom is -0.357 e. The molecule has 0 aliphatic heterocycles. The molecule has 1 atom stereocenters. The number of hydrogen-bond donors (Lipinski definition) is 2. The molecule has 0 spiro atoms. The molecule has 1 aliphatic carbocycles. The Morgan fingerprint density at radius 2 is 2.04 bits per heavy atom. The van der Waals surface area contributed by atoms with Crippen LogP contribution >= 0.6 is 0 Å². The number of likely N-dealkylation sites (N-methyl/N-ethyl adjacent to an activating group) is 1. The van der Waals surface area contributed by atoms with Crippen LogP contribution in [0.5, 0.6) is 0 Å². The van der Waals surface area contributed by atoms with Gasteiger partial charge in [0.15, 0.2) is 0 Å². The van der Waals surface area contributed by atoms with E-state index in [4.69, 9.17) is 0 Å². The number of nitrogens with one attached hydrogen (secondary N) is 2. The van der Waals surface area contributed by atoms with Crippen LogP contribution in [0, 0.1) is 5.41 Å². The molecular weight excluding hydrogens is 292 g/mol. The highest BCUT2D eigenvalue weighted by molar-refractivity contribution is 5.92. The van der Waals surface area contributed by atoms with E-state index in [1.54, 1.807) is 19.6 Å². The molecule has 1 heterocycles. The fourth-order valence-electron chi connectivity index (χ4n) is 2.71. The summed E-state index contributed by atoms with van der Waals surface area (Å²) in [7, 11) is 1.57. The van der Waals surface area contributed by atoms with Crippen LogP contribution in [0.25, 0.3) is 0 Å². The van der Waals surface area contributed by atoms with Gasteiger partial charge >= 0.3 is 0 Å². The molecule has 2 N–H and O–H groups in total. The van der Waals surface area contributed by atoms with Crippen LogP contribution < -0.4 is 10.6 Å². The van der Waals surface area contributed by atoms with Crippen molar-refractivity contribution in [2.24, 2.45) is 5.41 Å². The molecule has 6 nitrogen and oxygen atoms in total. The second-order valence-electron chi connectivity index (χ2n) is 5.95. The molecule has 1 fully saturated rings. The lowest BCUT2D eigenvalue weighted by Crippen LogP contribution is -2.43. The number of hydrogen-bond acceptors (Lipinski definition) is 3. The maximum atomic E-state index is 12.7. The molecule has 0 saturated heterocycles. The summed E-state index contributed by atoms with van der Waals surface area (Å²) in [6, 6.07) is 8.61. The summed E-state index contributed by atoms with van der Waals surface area (Å²) in [5.74, 6) is -0.299. The van der Waals surface area contributed by atoms with E-state index in [-0.39, 0.29) is 11.8 Å². The Kier molecular flexibility index (Phi) is 4.14. The summed E-state index contributed by atoms with van der Waals surface area (Å²) in [4.78, 5) is 28.9. The summed E-state index contributed by atoms with van der Waals surface area (Å²) in [5, 5.41) is 5.53. The highest BCUT2D eigenvalue weighted by atomic mass is 16.2. The smallest absolute Gasteiger partial charge is 0.246 e. The van der Waals surface area contributed by atoms with Crippen LogP contribution in [0.15, 0.2) is 49.1 Å². The Bertz CT molecular complexity index is 678. The van der Waals surface area contributed by atoms with Crippen molar-refractivity contribution in [2.45, 2.75) is 25.4 Å². The molecule has 1 aromatic carbocycles. The molecule has 2 amide bonds. The van der Waals surface area contributed by atoms with Crippen molar-refractivity contribution < 1.29 is 9.59 Å². The Morgan fingerprint density at radius 3 is 2.61 bits per heavy atom. The first-order valence-electron chi connectivity index (χ1n) is 7.68. The predicted octanol–water partition coefficient (Wildman–Crippen LogP) is 1.27. The van der Waals surface area contributed by atoms with Crippen molar-refractivity contribution >= 4 is 11.8 Å². The molecule has 3 rings (SSSR count). The van der Waals surface area contributed by atoms with E-state index in [9.17, 15) is 9.59 Å². The summed E-state index contributed by atoms with van der Waals surface area (Å²) < 4.78 is 1.91. The summed E-state index contributed by atoms with van der Waals surface area (Å²) in [6.45, 7) is 0.591. The number of carbonyl (C=O) groups excluding carboxylic acids is 2. The Morgan fingerprint density at radius 1 is 1.30 bits per heavy atom. The van der Waals surface area contributed by atoms with E-state index in [1.807, 2.05) is 41.1 Å². The van der Waals surface area contributed by atoms with Gasteiger partial charge in [-0.25, -0.2) is 4.98 Å². The Hall–Kier alpha value is -2.63. The monoisotopic (exact) mass is 312 g/mol. The van der Waals surface area contributed by atoms with Crippen LogP contribution in [0.4, 0.5) is 0 Å². The lowest BCUT2D eigenvalue weighted by atomic mass is 10.0. The molecule has 1 aromatic heterocycles. The van der Waals surface area contributed by atoms with Gasteiger partial charge in [0.25, 0.3) is 0 Å². The van der Waals surface area contributed by atoms with Crippen LogP contribution in [0.1, 0.15) is 24.4 Å². The molecule has 2 aromatic rings. The second-order valence-corrected chi connectivity index (χ2v) is 5.95. The van der Waals surface area contributed by atoms with Crippen molar-refractivity contribution in [1.82, 2.24) is 20.2 Å². The van der Waals surface area contributed by atoms with Gasteiger partial charge in [-0.3, -0.25) is 9.59 Å². The third-order valence-electron chi connectivity index (χ3n) is 4.30. The largest absolute Gasteiger partial charge is 0.357 e. The third-order valence-corrected chi connectivity index (χ3v) is 4.30. The fourth-order valence-corrected chi connectivity index (χ4v) is 2.71. The van der Waals surface area contributed by atoms with Crippen LogP contribution in [0.2, 0.25) is 0 Å². The van der Waals surface area contributed by atoms with Gasteiger partial charge in [-0.05, 0) is 18.4 Å². The maximum absolute atomic E-state index is 12.7. The lowest BCUT2D eigenvalue weighted by Gasteiger charge is -2.22. The normalized spacial score (nSPS) is 16.4. The van der Waals surface area contributed by atoms with E-state index in [0.717, 1.165) is 18.4 Å². The highest BCUT2D eigenvalue weighted by Gasteiger charge is 2.50. The number of nitrogens with zero attached hydrogens (tertiary/aromatic N) is 2. The molecule has 1 saturated carbocycles. The molecule has 6 heteroatoms. The highest BCUT2D eigenvalue weighted by Crippen LogP contribution is 2.47. The second kappa shape index (κ2) is 6.24. The number of imidazole rings is 1. The average Bonchev–Trinajstić information content (AvgIpc) is 3.19. The molecule has 0 unspecified atom stereocenters. The van der Waals surface area contributed by atoms with Crippen molar-refractivity contribution in [3.05, 3.63) is 54.6 Å². The molecule has 23 heavy (non-hydrogen) atoms. The van der Waals surface area contributed by atoms with Crippen molar-refractivity contribution in [3.63, 3.8) is 0 Å². The van der Waals surface area contributed by atoms with Crippen LogP contribution in [0.3, 0.4) is 0 Å². The topological polar surface area (TPSA) is 76.0 Å². The Labute approximate surface area is 134 Å². The van der Waals surface area contributed by atoms with E-state index >= 15 is 0 Å². The van der Waals surface area contributed by atoms with E-state index in [1.165, 1.54) is 0 Å². The summed E-state index contributed by atoms with van der Waals surface area (Å²) in [5.41, 5.74) is 0.348. The maximum Gasteiger partial charge on any atom is 0.246 e. The SMILES string of the molecule is CNC(=O)[C@H](NC(=O)C1(Cn2ccnc2)CC1)c1ccccc1. The quantitative estimate of drug-likeness (QED) is 0.843. The van der Waals surface area contributed by atoms with Crippen molar-refractivity contribution in [3.8, 4) is 0 Å². The van der Waals surface area contributed by atoms with Gasteiger partial charge in [0.05, 0.1) is 11.7 Å². The van der Waals surface area contributed by atoms with Gasteiger partial charge < -0.3 is 15.2 Å². The zero-order valence-electron chi connectivity index (χ0n) is 13.0. The average molecular weight is 312 g/mol. The minimum atomic E-state index is -0.672. The van der Waals surface area contributed by atoms with E-state index < -0.39 is 11.5 Å². The van der Waals surface area contributed by atoms with E-state index in [2.05, 4.69) is 15.6 Å². The van der Waals surface area contributed by atoms with Gasteiger partial charge in [0.1, 0.15) is 6.04 Å². The van der Waals surface area contributed by atoms with Gasteiger partial charge in [-0.15, -0.1) is 0 Å². The summed E-state index contributed by atoms with van der Waals surface area (Å²) in [6.07, 6.45) is 6.91. The minimum absolute atomic E-state index is 0.0800. The van der Waals surface area contributed by atoms with Gasteiger partial charge in [0.2, 0.25) is 11.8 Å². The zero-order chi connectivity index (χ0) is 16.3. The van der Waals surface area contributed by atoms with Gasteiger partial charge in [-0.1, -0.05) is 30.3 Å². The lowest BCUT2D eigenvalue weighted by molar-refractivity contribution is -0.132. The molecule has 1 aliphatic rings. The van der Waals surface area contributed by atoms with E-state index in [0.29, 0.717) is 6.54 Å². The molecular formula is C17H20N4O2. The van der Waals surface area contributed by atoms with Gasteiger partial charge in [-0.2, -0.15) is 0 Å². The molecule has 0 radical (unpaired) electrons. The van der Waals surface area contributed by atoms with Crippen LogP contribution in [-0.4, -0.2) is 28.4 Å². The molecule has 120 valence electrons. The number of rotatable bonds is 6. The predicted molar refractivity (Wildman–Crippen MR) is 85.3 cm³/mol. The standard InChI is InChI=1S/C17H20N4O2/c1-18-15(22)14(13-5-3-2-4-6-13)20-16(23)17(7-8-17)11-21-10-9-19-12-21/h2-6,9-10,12,14H,7-8,11H2,1H3,(H,18,22)(H,20,23)/t14-/m1/s1. The fraction of sp³-hybridized carbons (Fsp3) is 0.353. The zero-order valence-corrected chi connectivity index (χ0v) is 13.0. The van der Waals surface area contributed by atoms with Crippen molar-refractivity contribution in [1.29, 1.82) is 0 Å². The first-order valence-corrected chi connectivity index (χ1v) is 7.68. The number of amides is 2. The van der Waals surface area contributed by atoms with Gasteiger partial charge in [0, 0.05) is 26.0 Å². The Balaban J connectivity index is 1.75. The third kappa shape index (κ3) is 3.26.